The van der Waals surface area contributed by atoms with Crippen molar-refractivity contribution in [3.63, 3.8) is 0 Å². The van der Waals surface area contributed by atoms with Crippen LogP contribution in [0.3, 0.4) is 0 Å². The van der Waals surface area contributed by atoms with Gasteiger partial charge in [-0.3, -0.25) is 14.3 Å². The molecule has 7 heteroatoms. The van der Waals surface area contributed by atoms with E-state index in [0.717, 1.165) is 25.6 Å². The highest BCUT2D eigenvalue weighted by Crippen LogP contribution is 2.14. The third kappa shape index (κ3) is 3.33. The van der Waals surface area contributed by atoms with E-state index in [1.54, 1.807) is 0 Å². The first-order valence-electron chi connectivity index (χ1n) is 5.89. The van der Waals surface area contributed by atoms with E-state index in [9.17, 15) is 14.3 Å². The van der Waals surface area contributed by atoms with Crippen molar-refractivity contribution in [3.8, 4) is 0 Å². The Hall–Kier alpha value is -1.34. The van der Waals surface area contributed by atoms with Crippen LogP contribution in [-0.4, -0.2) is 32.5 Å². The SMILES string of the molecule is O=[N+]([O-])c1ccc([S@@](=O)C[C@@H]2CCCCN2)nc1. The van der Waals surface area contributed by atoms with Gasteiger partial charge >= 0.3 is 0 Å². The van der Waals surface area contributed by atoms with Crippen molar-refractivity contribution in [2.75, 3.05) is 12.3 Å². The minimum Gasteiger partial charge on any atom is -0.313 e. The van der Waals surface area contributed by atoms with Crippen LogP contribution in [0.5, 0.6) is 0 Å². The lowest BCUT2D eigenvalue weighted by Crippen LogP contribution is -2.38. The van der Waals surface area contributed by atoms with Gasteiger partial charge in [-0.2, -0.15) is 0 Å². The van der Waals surface area contributed by atoms with Gasteiger partial charge in [0, 0.05) is 17.9 Å². The molecule has 0 unspecified atom stereocenters. The zero-order valence-corrected chi connectivity index (χ0v) is 10.7. The molecule has 18 heavy (non-hydrogen) atoms. The van der Waals surface area contributed by atoms with E-state index < -0.39 is 15.7 Å². The number of pyridine rings is 1. The second kappa shape index (κ2) is 6.01. The van der Waals surface area contributed by atoms with Crippen LogP contribution in [0.25, 0.3) is 0 Å². The van der Waals surface area contributed by atoms with Gasteiger partial charge in [0.15, 0.2) is 0 Å². The smallest absolute Gasteiger partial charge is 0.287 e. The number of nitrogens with one attached hydrogen (secondary N) is 1. The monoisotopic (exact) mass is 269 g/mol. The maximum atomic E-state index is 12.0. The van der Waals surface area contributed by atoms with Crippen LogP contribution in [-0.2, 0) is 10.8 Å². The fraction of sp³-hybridized carbons (Fsp3) is 0.545. The predicted molar refractivity (Wildman–Crippen MR) is 67.8 cm³/mol. The van der Waals surface area contributed by atoms with Crippen molar-refractivity contribution in [1.82, 2.24) is 10.3 Å². The zero-order chi connectivity index (χ0) is 13.0. The summed E-state index contributed by atoms with van der Waals surface area (Å²) in [6.45, 7) is 0.968. The van der Waals surface area contributed by atoms with Gasteiger partial charge in [-0.25, -0.2) is 4.98 Å². The predicted octanol–water partition coefficient (Wildman–Crippen LogP) is 1.24. The van der Waals surface area contributed by atoms with Crippen molar-refractivity contribution in [2.45, 2.75) is 30.3 Å². The Balaban J connectivity index is 1.97. The summed E-state index contributed by atoms with van der Waals surface area (Å²) in [4.78, 5) is 13.9. The van der Waals surface area contributed by atoms with Crippen LogP contribution in [0.4, 0.5) is 5.69 Å². The molecule has 0 radical (unpaired) electrons. The Labute approximate surface area is 107 Å². The highest BCUT2D eigenvalue weighted by molar-refractivity contribution is 7.85. The van der Waals surface area contributed by atoms with E-state index >= 15 is 0 Å². The van der Waals surface area contributed by atoms with Gasteiger partial charge in [-0.1, -0.05) is 6.42 Å². The summed E-state index contributed by atoms with van der Waals surface area (Å²) in [5.74, 6) is 0.519. The first kappa shape index (κ1) is 13.1. The number of nitro groups is 1. The summed E-state index contributed by atoms with van der Waals surface area (Å²) in [7, 11) is -1.20. The van der Waals surface area contributed by atoms with Gasteiger partial charge in [0.05, 0.1) is 15.7 Å². The van der Waals surface area contributed by atoms with E-state index in [-0.39, 0.29) is 11.7 Å². The maximum absolute atomic E-state index is 12.0. The van der Waals surface area contributed by atoms with Gasteiger partial charge in [0.2, 0.25) is 0 Å². The van der Waals surface area contributed by atoms with Crippen molar-refractivity contribution in [3.05, 3.63) is 28.4 Å². The average Bonchev–Trinajstić information content (AvgIpc) is 2.40. The minimum absolute atomic E-state index is 0.0773. The molecule has 0 bridgehead atoms. The van der Waals surface area contributed by atoms with Gasteiger partial charge < -0.3 is 5.32 Å². The molecular weight excluding hydrogens is 254 g/mol. The van der Waals surface area contributed by atoms with Gasteiger partial charge in [-0.05, 0) is 25.5 Å². The summed E-state index contributed by atoms with van der Waals surface area (Å²) >= 11 is 0. The minimum atomic E-state index is -1.20. The Morgan fingerprint density at radius 2 is 2.33 bits per heavy atom. The van der Waals surface area contributed by atoms with Crippen LogP contribution in [0.1, 0.15) is 19.3 Å². The summed E-state index contributed by atoms with van der Waals surface area (Å²) < 4.78 is 12.0. The lowest BCUT2D eigenvalue weighted by Gasteiger charge is -2.22. The third-order valence-corrected chi connectivity index (χ3v) is 4.34. The lowest BCUT2D eigenvalue weighted by atomic mass is 10.1. The molecule has 0 spiro atoms. The highest BCUT2D eigenvalue weighted by Gasteiger charge is 2.17. The molecule has 1 N–H and O–H groups in total. The van der Waals surface area contributed by atoms with Crippen molar-refractivity contribution >= 4 is 16.5 Å². The second-order valence-corrected chi connectivity index (χ2v) is 5.71. The van der Waals surface area contributed by atoms with Crippen LogP contribution in [0.2, 0.25) is 0 Å². The molecule has 2 rings (SSSR count). The molecule has 0 aromatic carbocycles. The molecule has 98 valence electrons. The molecule has 2 atom stereocenters. The largest absolute Gasteiger partial charge is 0.313 e. The molecule has 1 aliphatic rings. The number of hydrogen-bond acceptors (Lipinski definition) is 5. The average molecular weight is 269 g/mol. The van der Waals surface area contributed by atoms with Crippen molar-refractivity contribution < 1.29 is 9.13 Å². The number of hydrogen-bond donors (Lipinski definition) is 1. The summed E-state index contributed by atoms with van der Waals surface area (Å²) in [6, 6.07) is 3.07. The highest BCUT2D eigenvalue weighted by atomic mass is 32.2. The summed E-state index contributed by atoms with van der Waals surface area (Å²) in [6.07, 6.45) is 4.50. The van der Waals surface area contributed by atoms with Crippen LogP contribution < -0.4 is 5.32 Å². The van der Waals surface area contributed by atoms with E-state index in [0.29, 0.717) is 10.8 Å². The quantitative estimate of drug-likeness (QED) is 0.656. The van der Waals surface area contributed by atoms with Crippen LogP contribution in [0, 0.1) is 10.1 Å². The second-order valence-electron chi connectivity index (χ2n) is 4.27. The number of aromatic nitrogens is 1. The molecule has 2 heterocycles. The van der Waals surface area contributed by atoms with Crippen LogP contribution in [0.15, 0.2) is 23.4 Å². The number of rotatable bonds is 4. The number of piperidine rings is 1. The van der Waals surface area contributed by atoms with E-state index in [1.807, 2.05) is 0 Å². The van der Waals surface area contributed by atoms with E-state index in [4.69, 9.17) is 0 Å². The van der Waals surface area contributed by atoms with Gasteiger partial charge in [0.1, 0.15) is 11.2 Å². The zero-order valence-electron chi connectivity index (χ0n) is 9.87. The summed E-state index contributed by atoms with van der Waals surface area (Å²) in [5.41, 5.74) is -0.0773. The fourth-order valence-corrected chi connectivity index (χ4v) is 3.16. The molecule has 0 aliphatic carbocycles. The standard InChI is InChI=1S/C11H15N3O3S/c15-14(16)10-4-5-11(13-7-10)18(17)8-9-3-1-2-6-12-9/h4-5,7,9,12H,1-3,6,8H2/t9-,18-/m0/s1. The Morgan fingerprint density at radius 1 is 1.50 bits per heavy atom. The Bertz CT molecular complexity index is 443. The Morgan fingerprint density at radius 3 is 2.89 bits per heavy atom. The fourth-order valence-electron chi connectivity index (χ4n) is 1.95. The van der Waals surface area contributed by atoms with Crippen LogP contribution >= 0.6 is 0 Å². The first-order valence-corrected chi connectivity index (χ1v) is 7.21. The molecule has 1 aliphatic heterocycles. The molecule has 1 aromatic heterocycles. The van der Waals surface area contributed by atoms with Crippen molar-refractivity contribution in [2.24, 2.45) is 0 Å². The van der Waals surface area contributed by atoms with E-state index in [2.05, 4.69) is 10.3 Å². The maximum Gasteiger partial charge on any atom is 0.287 e. The molecule has 0 saturated carbocycles. The molecule has 0 amide bonds. The topological polar surface area (TPSA) is 85.1 Å². The normalized spacial score (nSPS) is 21.4. The van der Waals surface area contributed by atoms with Gasteiger partial charge in [-0.15, -0.1) is 0 Å². The summed E-state index contributed by atoms with van der Waals surface area (Å²) in [5, 5.41) is 14.2. The molecule has 1 aromatic rings. The molecule has 6 nitrogen and oxygen atoms in total. The Kier molecular flexibility index (Phi) is 4.38. The number of nitrogens with zero attached hydrogens (tertiary/aromatic N) is 2. The molecule has 1 saturated heterocycles. The molecular formula is C11H15N3O3S. The first-order chi connectivity index (χ1) is 8.66. The third-order valence-electron chi connectivity index (χ3n) is 2.93. The van der Waals surface area contributed by atoms with Crippen molar-refractivity contribution in [1.29, 1.82) is 0 Å². The molecule has 1 fully saturated rings. The van der Waals surface area contributed by atoms with Gasteiger partial charge in [0.25, 0.3) is 5.69 Å². The van der Waals surface area contributed by atoms with E-state index in [1.165, 1.54) is 18.6 Å². The lowest BCUT2D eigenvalue weighted by molar-refractivity contribution is -0.385.